The lowest BCUT2D eigenvalue weighted by Crippen LogP contribution is -2.36. The summed E-state index contributed by atoms with van der Waals surface area (Å²) in [5.41, 5.74) is 1.48. The van der Waals surface area contributed by atoms with E-state index in [4.69, 9.17) is 10.00 Å². The minimum absolute atomic E-state index is 0.0238. The average molecular weight is 340 g/mol. The Morgan fingerprint density at radius 1 is 1.40 bits per heavy atom. The molecule has 0 saturated carbocycles. The number of amides is 1. The second-order valence-corrected chi connectivity index (χ2v) is 5.76. The first-order valence-corrected chi connectivity index (χ1v) is 7.72. The van der Waals surface area contributed by atoms with Gasteiger partial charge in [-0.25, -0.2) is 4.68 Å². The van der Waals surface area contributed by atoms with Crippen LogP contribution in [0.3, 0.4) is 0 Å². The van der Waals surface area contributed by atoms with E-state index in [2.05, 4.69) is 5.10 Å². The van der Waals surface area contributed by atoms with E-state index in [1.54, 1.807) is 28.0 Å². The molecule has 0 unspecified atom stereocenters. The summed E-state index contributed by atoms with van der Waals surface area (Å²) in [4.78, 5) is 26.2. The number of nitriles is 1. The molecule has 1 heterocycles. The van der Waals surface area contributed by atoms with Gasteiger partial charge < -0.3 is 9.64 Å². The molecule has 0 aliphatic carbocycles. The number of benzene rings is 1. The van der Waals surface area contributed by atoms with Crippen LogP contribution >= 0.6 is 0 Å². The van der Waals surface area contributed by atoms with E-state index in [9.17, 15) is 9.59 Å². The molecule has 2 rings (SSSR count). The monoisotopic (exact) mass is 340 g/mol. The molecule has 0 radical (unpaired) electrons. The lowest BCUT2D eigenvalue weighted by Gasteiger charge is -2.18. The molecule has 130 valence electrons. The molecule has 1 aromatic carbocycles. The maximum Gasteiger partial charge on any atom is 0.285 e. The van der Waals surface area contributed by atoms with Crippen molar-refractivity contribution in [3.05, 3.63) is 57.0 Å². The third-order valence-electron chi connectivity index (χ3n) is 4.01. The number of nitrogens with zero attached hydrogens (tertiary/aromatic N) is 4. The van der Waals surface area contributed by atoms with Crippen LogP contribution in [0.15, 0.2) is 29.1 Å². The maximum absolute atomic E-state index is 12.4. The minimum Gasteiger partial charge on any atom is -0.497 e. The molecule has 2 aromatic rings. The predicted octanol–water partition coefficient (Wildman–Crippen LogP) is 1.40. The Bertz CT molecular complexity index is 896. The average Bonchev–Trinajstić information content (AvgIpc) is 2.60. The zero-order chi connectivity index (χ0) is 18.6. The number of carbonyl (C=O) groups excluding carboxylic acids is 1. The number of aryl methyl sites for hydroxylation is 1. The number of likely N-dealkylation sites (N-methyl/N-ethyl adjacent to an activating group) is 1. The molecule has 7 nitrogen and oxygen atoms in total. The Hall–Kier alpha value is -3.14. The van der Waals surface area contributed by atoms with Crippen LogP contribution in [0.1, 0.15) is 22.4 Å². The number of aromatic nitrogens is 2. The van der Waals surface area contributed by atoms with Crippen molar-refractivity contribution in [3.63, 3.8) is 0 Å². The van der Waals surface area contributed by atoms with Crippen molar-refractivity contribution < 1.29 is 9.53 Å². The molecule has 0 spiro atoms. The Morgan fingerprint density at radius 3 is 2.76 bits per heavy atom. The topological polar surface area (TPSA) is 88.2 Å². The number of ether oxygens (including phenoxy) is 1. The van der Waals surface area contributed by atoms with Crippen molar-refractivity contribution in [2.45, 2.75) is 26.9 Å². The van der Waals surface area contributed by atoms with Gasteiger partial charge in [-0.05, 0) is 37.1 Å². The molecule has 25 heavy (non-hydrogen) atoms. The minimum atomic E-state index is -0.547. The van der Waals surface area contributed by atoms with Gasteiger partial charge in [0.15, 0.2) is 0 Å². The van der Waals surface area contributed by atoms with Crippen LogP contribution in [-0.2, 0) is 17.9 Å². The second-order valence-electron chi connectivity index (χ2n) is 5.76. The largest absolute Gasteiger partial charge is 0.497 e. The lowest BCUT2D eigenvalue weighted by molar-refractivity contribution is -0.131. The van der Waals surface area contributed by atoms with Crippen molar-refractivity contribution in [1.82, 2.24) is 14.7 Å². The van der Waals surface area contributed by atoms with Gasteiger partial charge in [0, 0.05) is 13.6 Å². The van der Waals surface area contributed by atoms with E-state index in [1.165, 1.54) is 4.90 Å². The third-order valence-corrected chi connectivity index (χ3v) is 4.01. The van der Waals surface area contributed by atoms with Gasteiger partial charge in [-0.3, -0.25) is 9.59 Å². The zero-order valence-electron chi connectivity index (χ0n) is 14.7. The van der Waals surface area contributed by atoms with Gasteiger partial charge in [-0.1, -0.05) is 12.1 Å². The van der Waals surface area contributed by atoms with Crippen LogP contribution in [0.25, 0.3) is 0 Å². The Morgan fingerprint density at radius 2 is 2.12 bits per heavy atom. The molecule has 0 aliphatic rings. The van der Waals surface area contributed by atoms with E-state index in [1.807, 2.05) is 30.3 Å². The van der Waals surface area contributed by atoms with Crippen LogP contribution in [0.2, 0.25) is 0 Å². The van der Waals surface area contributed by atoms with Crippen LogP contribution in [0.4, 0.5) is 0 Å². The number of hydrogen-bond acceptors (Lipinski definition) is 5. The molecule has 0 atom stereocenters. The third kappa shape index (κ3) is 4.04. The van der Waals surface area contributed by atoms with Gasteiger partial charge in [0.25, 0.3) is 5.56 Å². The molecule has 0 bridgehead atoms. The lowest BCUT2D eigenvalue weighted by atomic mass is 10.1. The number of methoxy groups -OCH3 is 1. The van der Waals surface area contributed by atoms with Gasteiger partial charge in [0.05, 0.1) is 12.8 Å². The first-order valence-electron chi connectivity index (χ1n) is 7.72. The van der Waals surface area contributed by atoms with Gasteiger partial charge in [0.2, 0.25) is 5.91 Å². The van der Waals surface area contributed by atoms with Crippen LogP contribution in [0, 0.1) is 25.2 Å². The molecule has 7 heteroatoms. The highest BCUT2D eigenvalue weighted by atomic mass is 16.5. The van der Waals surface area contributed by atoms with Crippen LogP contribution in [-0.4, -0.2) is 34.7 Å². The van der Waals surface area contributed by atoms with Gasteiger partial charge >= 0.3 is 0 Å². The summed E-state index contributed by atoms with van der Waals surface area (Å²) in [6.45, 7) is 3.54. The van der Waals surface area contributed by atoms with E-state index in [0.717, 1.165) is 10.2 Å². The zero-order valence-corrected chi connectivity index (χ0v) is 14.7. The smallest absolute Gasteiger partial charge is 0.285 e. The fourth-order valence-corrected chi connectivity index (χ4v) is 2.39. The van der Waals surface area contributed by atoms with Gasteiger partial charge in [-0.2, -0.15) is 10.4 Å². The molecule has 1 aromatic heterocycles. The van der Waals surface area contributed by atoms with Crippen LogP contribution < -0.4 is 10.3 Å². The number of hydrogen-bond donors (Lipinski definition) is 0. The highest BCUT2D eigenvalue weighted by Gasteiger charge is 2.16. The van der Waals surface area contributed by atoms with Crippen molar-refractivity contribution in [1.29, 1.82) is 5.26 Å². The Kier molecular flexibility index (Phi) is 5.55. The van der Waals surface area contributed by atoms with Gasteiger partial charge in [-0.15, -0.1) is 0 Å². The molecular weight excluding hydrogens is 320 g/mol. The number of carbonyl (C=O) groups is 1. The fourth-order valence-electron chi connectivity index (χ4n) is 2.39. The van der Waals surface area contributed by atoms with E-state index >= 15 is 0 Å². The number of rotatable bonds is 5. The SMILES string of the molecule is COc1cccc(CN(C)C(=O)Cn2nc(C)c(C)c(C#N)c2=O)c1. The van der Waals surface area contributed by atoms with E-state index < -0.39 is 5.56 Å². The molecule has 1 amide bonds. The van der Waals surface area contributed by atoms with Crippen molar-refractivity contribution in [2.75, 3.05) is 14.2 Å². The second kappa shape index (κ2) is 7.62. The summed E-state index contributed by atoms with van der Waals surface area (Å²) in [6, 6.07) is 9.30. The van der Waals surface area contributed by atoms with Crippen molar-refractivity contribution in [2.24, 2.45) is 0 Å². The summed E-state index contributed by atoms with van der Waals surface area (Å²) < 4.78 is 6.22. The summed E-state index contributed by atoms with van der Waals surface area (Å²) in [5, 5.41) is 13.3. The Balaban J connectivity index is 2.18. The summed E-state index contributed by atoms with van der Waals surface area (Å²) in [5.74, 6) is 0.439. The first kappa shape index (κ1) is 18.2. The standard InChI is InChI=1S/C18H20N4O3/c1-12-13(2)20-22(18(24)16(12)9-19)11-17(23)21(3)10-14-6-5-7-15(8-14)25-4/h5-8H,10-11H2,1-4H3. The van der Waals surface area contributed by atoms with E-state index in [0.29, 0.717) is 23.6 Å². The molecule has 0 N–H and O–H groups in total. The Labute approximate surface area is 146 Å². The van der Waals surface area contributed by atoms with Crippen molar-refractivity contribution in [3.8, 4) is 11.8 Å². The van der Waals surface area contributed by atoms with Crippen LogP contribution in [0.5, 0.6) is 5.75 Å². The fraction of sp³-hybridized carbons (Fsp3) is 0.333. The predicted molar refractivity (Wildman–Crippen MR) is 92.2 cm³/mol. The highest BCUT2D eigenvalue weighted by molar-refractivity contribution is 5.75. The van der Waals surface area contributed by atoms with Gasteiger partial charge in [0.1, 0.15) is 23.9 Å². The molecule has 0 fully saturated rings. The summed E-state index contributed by atoms with van der Waals surface area (Å²) in [7, 11) is 3.23. The summed E-state index contributed by atoms with van der Waals surface area (Å²) in [6.07, 6.45) is 0. The molecular formula is C18H20N4O3. The highest BCUT2D eigenvalue weighted by Crippen LogP contribution is 2.14. The van der Waals surface area contributed by atoms with E-state index in [-0.39, 0.29) is 18.0 Å². The molecule has 0 aliphatic heterocycles. The van der Waals surface area contributed by atoms with Crippen molar-refractivity contribution >= 4 is 5.91 Å². The summed E-state index contributed by atoms with van der Waals surface area (Å²) >= 11 is 0. The maximum atomic E-state index is 12.4. The molecule has 0 saturated heterocycles. The quantitative estimate of drug-likeness (QED) is 0.821. The first-order chi connectivity index (χ1) is 11.9. The normalized spacial score (nSPS) is 10.2.